The first-order chi connectivity index (χ1) is 15.1. The molecule has 5 rings (SSSR count). The summed E-state index contributed by atoms with van der Waals surface area (Å²) in [6, 6.07) is 15.6. The van der Waals surface area contributed by atoms with Gasteiger partial charge in [-0.2, -0.15) is 5.10 Å². The maximum absolute atomic E-state index is 12.7. The predicted molar refractivity (Wildman–Crippen MR) is 122 cm³/mol. The van der Waals surface area contributed by atoms with E-state index in [2.05, 4.69) is 39.6 Å². The minimum absolute atomic E-state index is 0.131. The van der Waals surface area contributed by atoms with Gasteiger partial charge in [0.05, 0.1) is 17.2 Å². The quantitative estimate of drug-likeness (QED) is 0.509. The van der Waals surface area contributed by atoms with E-state index in [-0.39, 0.29) is 11.5 Å². The summed E-state index contributed by atoms with van der Waals surface area (Å²) in [5.74, 6) is -0.131. The molecular weight excluding hydrogens is 390 g/mol. The van der Waals surface area contributed by atoms with Crippen molar-refractivity contribution in [2.24, 2.45) is 7.05 Å². The minimum Gasteiger partial charge on any atom is -0.371 e. The maximum atomic E-state index is 12.7. The molecule has 1 N–H and O–H groups in total. The third-order valence-corrected chi connectivity index (χ3v) is 6.09. The molecule has 31 heavy (non-hydrogen) atoms. The first-order valence-electron chi connectivity index (χ1n) is 10.7. The Kier molecular flexibility index (Phi) is 4.94. The second-order valence-electron chi connectivity index (χ2n) is 8.02. The minimum atomic E-state index is -0.135. The van der Waals surface area contributed by atoms with E-state index in [1.165, 1.54) is 17.7 Å². The molecule has 0 unspecified atom stereocenters. The van der Waals surface area contributed by atoms with Gasteiger partial charge in [0.2, 0.25) is 0 Å². The highest BCUT2D eigenvalue weighted by Gasteiger charge is 2.16. The van der Waals surface area contributed by atoms with Gasteiger partial charge >= 0.3 is 0 Å². The maximum Gasteiger partial charge on any atom is 0.276 e. The number of benzene rings is 2. The van der Waals surface area contributed by atoms with E-state index in [1.807, 2.05) is 6.07 Å². The molecule has 4 aromatic rings. The highest BCUT2D eigenvalue weighted by molar-refractivity contribution is 5.97. The van der Waals surface area contributed by atoms with Crippen molar-refractivity contribution in [2.45, 2.75) is 19.3 Å². The Morgan fingerprint density at radius 2 is 1.97 bits per heavy atom. The van der Waals surface area contributed by atoms with Crippen LogP contribution in [0.2, 0.25) is 0 Å². The SMILES string of the molecule is Cn1c(=O)c2ccnn2c2ccc(C(=O)NCCCN3CCCc4ccccc43)cc21. The van der Waals surface area contributed by atoms with Crippen LogP contribution in [0.15, 0.2) is 59.5 Å². The van der Waals surface area contributed by atoms with Crippen LogP contribution >= 0.6 is 0 Å². The van der Waals surface area contributed by atoms with E-state index in [0.717, 1.165) is 31.4 Å². The van der Waals surface area contributed by atoms with Crippen LogP contribution in [0.1, 0.15) is 28.8 Å². The highest BCUT2D eigenvalue weighted by Crippen LogP contribution is 2.26. The van der Waals surface area contributed by atoms with Gasteiger partial charge in [0.25, 0.3) is 11.5 Å². The number of rotatable bonds is 5. The summed E-state index contributed by atoms with van der Waals surface area (Å²) in [4.78, 5) is 27.7. The van der Waals surface area contributed by atoms with E-state index in [0.29, 0.717) is 23.1 Å². The van der Waals surface area contributed by atoms with Gasteiger partial charge in [-0.1, -0.05) is 18.2 Å². The van der Waals surface area contributed by atoms with Crippen molar-refractivity contribution in [3.05, 3.63) is 76.2 Å². The van der Waals surface area contributed by atoms with Gasteiger partial charge in [-0.15, -0.1) is 0 Å². The number of aryl methyl sites for hydroxylation is 2. The Balaban J connectivity index is 1.26. The number of nitrogens with zero attached hydrogens (tertiary/aromatic N) is 4. The summed E-state index contributed by atoms with van der Waals surface area (Å²) in [7, 11) is 1.72. The van der Waals surface area contributed by atoms with Crippen LogP contribution in [0.4, 0.5) is 5.69 Å². The van der Waals surface area contributed by atoms with Crippen LogP contribution in [0.3, 0.4) is 0 Å². The Hall–Kier alpha value is -3.61. The number of carbonyl (C=O) groups excluding carboxylic acids is 1. The van der Waals surface area contributed by atoms with Crippen molar-refractivity contribution in [1.29, 1.82) is 0 Å². The molecule has 1 aliphatic heterocycles. The average Bonchev–Trinajstić information content (AvgIpc) is 3.30. The molecular formula is C24H25N5O2. The van der Waals surface area contributed by atoms with E-state index in [1.54, 1.807) is 40.5 Å². The van der Waals surface area contributed by atoms with Gasteiger partial charge in [-0.3, -0.25) is 9.59 Å². The molecule has 0 atom stereocenters. The molecule has 0 saturated heterocycles. The van der Waals surface area contributed by atoms with Gasteiger partial charge in [-0.05, 0) is 55.2 Å². The summed E-state index contributed by atoms with van der Waals surface area (Å²) in [6.07, 6.45) is 4.79. The summed E-state index contributed by atoms with van der Waals surface area (Å²) in [5.41, 5.74) is 5.13. The van der Waals surface area contributed by atoms with Crippen molar-refractivity contribution >= 4 is 28.1 Å². The zero-order chi connectivity index (χ0) is 21.4. The molecule has 2 aromatic heterocycles. The summed E-state index contributed by atoms with van der Waals surface area (Å²) in [5, 5.41) is 7.26. The van der Waals surface area contributed by atoms with Crippen molar-refractivity contribution < 1.29 is 4.79 Å². The standard InChI is InChI=1S/C24H25N5O2/c1-27-22-16-18(9-10-20(22)29-21(24(27)31)11-13-26-29)23(30)25-12-5-15-28-14-4-7-17-6-2-3-8-19(17)28/h2-3,6,8-11,13,16H,4-5,7,12,14-15H2,1H3,(H,25,30). The van der Waals surface area contributed by atoms with Gasteiger partial charge < -0.3 is 14.8 Å². The third-order valence-electron chi connectivity index (χ3n) is 6.09. The predicted octanol–water partition coefficient (Wildman–Crippen LogP) is 2.76. The molecule has 0 fully saturated rings. The number of nitrogens with one attached hydrogen (secondary N) is 1. The summed E-state index contributed by atoms with van der Waals surface area (Å²) < 4.78 is 3.19. The molecule has 7 heteroatoms. The fraction of sp³-hybridized carbons (Fsp3) is 0.292. The van der Waals surface area contributed by atoms with E-state index in [9.17, 15) is 9.59 Å². The van der Waals surface area contributed by atoms with Crippen molar-refractivity contribution in [3.8, 4) is 0 Å². The monoisotopic (exact) mass is 415 g/mol. The molecule has 158 valence electrons. The first-order valence-corrected chi connectivity index (χ1v) is 10.7. The van der Waals surface area contributed by atoms with Crippen LogP contribution in [-0.2, 0) is 13.5 Å². The largest absolute Gasteiger partial charge is 0.371 e. The molecule has 3 heterocycles. The van der Waals surface area contributed by atoms with Crippen molar-refractivity contribution in [2.75, 3.05) is 24.5 Å². The number of carbonyl (C=O) groups is 1. The Labute approximate surface area is 179 Å². The third kappa shape index (κ3) is 3.46. The topological polar surface area (TPSA) is 71.6 Å². The van der Waals surface area contributed by atoms with Crippen LogP contribution in [0, 0.1) is 0 Å². The molecule has 0 spiro atoms. The van der Waals surface area contributed by atoms with Crippen LogP contribution in [0.5, 0.6) is 0 Å². The smallest absolute Gasteiger partial charge is 0.276 e. The Morgan fingerprint density at radius 3 is 2.87 bits per heavy atom. The fourth-order valence-electron chi connectivity index (χ4n) is 4.47. The number of anilines is 1. The van der Waals surface area contributed by atoms with Gasteiger partial charge in [0, 0.05) is 37.9 Å². The zero-order valence-electron chi connectivity index (χ0n) is 17.5. The van der Waals surface area contributed by atoms with Crippen molar-refractivity contribution in [1.82, 2.24) is 19.5 Å². The van der Waals surface area contributed by atoms with Gasteiger partial charge in [0.1, 0.15) is 5.52 Å². The lowest BCUT2D eigenvalue weighted by atomic mass is 10.0. The number of amides is 1. The Morgan fingerprint density at radius 1 is 1.10 bits per heavy atom. The van der Waals surface area contributed by atoms with Crippen molar-refractivity contribution in [3.63, 3.8) is 0 Å². The highest BCUT2D eigenvalue weighted by atomic mass is 16.1. The summed E-state index contributed by atoms with van der Waals surface area (Å²) >= 11 is 0. The first kappa shape index (κ1) is 19.4. The fourth-order valence-corrected chi connectivity index (χ4v) is 4.47. The molecule has 0 aliphatic carbocycles. The molecule has 1 aliphatic rings. The number of hydrogen-bond donors (Lipinski definition) is 1. The molecule has 0 saturated carbocycles. The van der Waals surface area contributed by atoms with Crippen LogP contribution < -0.4 is 15.8 Å². The van der Waals surface area contributed by atoms with Gasteiger partial charge in [-0.25, -0.2) is 4.52 Å². The van der Waals surface area contributed by atoms with Crippen LogP contribution in [0.25, 0.3) is 16.6 Å². The van der Waals surface area contributed by atoms with Crippen LogP contribution in [-0.4, -0.2) is 39.7 Å². The zero-order valence-corrected chi connectivity index (χ0v) is 17.5. The summed E-state index contributed by atoms with van der Waals surface area (Å²) in [6.45, 7) is 2.58. The van der Waals surface area contributed by atoms with E-state index < -0.39 is 0 Å². The normalized spacial score (nSPS) is 13.5. The lowest BCUT2D eigenvalue weighted by Crippen LogP contribution is -2.33. The second-order valence-corrected chi connectivity index (χ2v) is 8.02. The number of hydrogen-bond acceptors (Lipinski definition) is 4. The molecule has 2 aromatic carbocycles. The van der Waals surface area contributed by atoms with E-state index >= 15 is 0 Å². The van der Waals surface area contributed by atoms with Gasteiger partial charge in [0.15, 0.2) is 0 Å². The lowest BCUT2D eigenvalue weighted by Gasteiger charge is -2.31. The lowest BCUT2D eigenvalue weighted by molar-refractivity contribution is 0.0953. The molecule has 7 nitrogen and oxygen atoms in total. The second kappa shape index (κ2) is 7.91. The molecule has 0 bridgehead atoms. The van der Waals surface area contributed by atoms with E-state index in [4.69, 9.17) is 0 Å². The number of fused-ring (bicyclic) bond motifs is 4. The average molecular weight is 415 g/mol. The molecule has 1 amide bonds. The number of para-hydroxylation sites is 1. The number of aromatic nitrogens is 3. The molecule has 0 radical (unpaired) electrons. The Bertz CT molecular complexity index is 1340.